The lowest BCUT2D eigenvalue weighted by Gasteiger charge is -2.28. The van der Waals surface area contributed by atoms with E-state index in [1.54, 1.807) is 5.19 Å². The Morgan fingerprint density at radius 2 is 1.89 bits per heavy atom. The molecule has 1 nitrogen and oxygen atoms in total. The van der Waals surface area contributed by atoms with Crippen LogP contribution in [0.4, 0.5) is 0 Å². The highest BCUT2D eigenvalue weighted by Crippen LogP contribution is 2.39. The molecular weight excluding hydrogens is 248 g/mol. The van der Waals surface area contributed by atoms with Gasteiger partial charge in [0.05, 0.1) is 11.8 Å². The van der Waals surface area contributed by atoms with Crippen molar-refractivity contribution < 1.29 is 4.74 Å². The Hall–Kier alpha value is -0.863. The van der Waals surface area contributed by atoms with E-state index in [-0.39, 0.29) is 0 Å². The summed E-state index contributed by atoms with van der Waals surface area (Å²) < 4.78 is 6.11. The molecule has 0 aliphatic carbocycles. The number of allylic oxidation sites excluding steroid dienone is 1. The fraction of sp³-hybridized carbons (Fsp3) is 0.529. The van der Waals surface area contributed by atoms with Gasteiger partial charge in [0, 0.05) is 0 Å². The van der Waals surface area contributed by atoms with Gasteiger partial charge < -0.3 is 4.74 Å². The molecule has 0 amide bonds. The van der Waals surface area contributed by atoms with Gasteiger partial charge in [-0.3, -0.25) is 0 Å². The SMILES string of the molecule is C=C[C@H](C)C[C@@H]1O[C@H]1[Si](CC)(CC)c1ccccc1. The Labute approximate surface area is 118 Å². The van der Waals surface area contributed by atoms with Crippen LogP contribution in [0.3, 0.4) is 0 Å². The third-order valence-electron chi connectivity index (χ3n) is 4.74. The van der Waals surface area contributed by atoms with E-state index in [4.69, 9.17) is 4.74 Å². The maximum atomic E-state index is 6.11. The van der Waals surface area contributed by atoms with Gasteiger partial charge in [-0.05, 0) is 12.3 Å². The minimum absolute atomic E-state index is 0.472. The summed E-state index contributed by atoms with van der Waals surface area (Å²) in [7, 11) is -1.48. The molecule has 1 saturated heterocycles. The molecular formula is C17H26OSi. The van der Waals surface area contributed by atoms with E-state index in [9.17, 15) is 0 Å². The van der Waals surface area contributed by atoms with Gasteiger partial charge in [0.15, 0.2) is 0 Å². The second-order valence-corrected chi connectivity index (χ2v) is 10.6. The number of rotatable bonds is 7. The number of ether oxygens (including phenoxy) is 1. The standard InChI is InChI=1S/C17H26OSi/c1-5-14(4)13-16-17(18-16)19(6-2,7-3)15-11-9-8-10-12-15/h5,8-12,14,16-17H,1,6-7,13H2,2-4H3/t14-,16-,17-/m0/s1. The molecule has 1 aromatic rings. The zero-order valence-electron chi connectivity index (χ0n) is 12.4. The fourth-order valence-corrected chi connectivity index (χ4v) is 7.85. The lowest BCUT2D eigenvalue weighted by atomic mass is 10.1. The smallest absolute Gasteiger partial charge is 0.122 e. The maximum Gasteiger partial charge on any atom is 0.122 e. The molecule has 0 radical (unpaired) electrons. The molecule has 1 aliphatic heterocycles. The first-order chi connectivity index (χ1) is 9.17. The summed E-state index contributed by atoms with van der Waals surface area (Å²) in [5.41, 5.74) is 0.521. The zero-order valence-corrected chi connectivity index (χ0v) is 13.4. The van der Waals surface area contributed by atoms with E-state index >= 15 is 0 Å². The second kappa shape index (κ2) is 6.06. The molecule has 0 unspecified atom stereocenters. The van der Waals surface area contributed by atoms with Crippen LogP contribution >= 0.6 is 0 Å². The lowest BCUT2D eigenvalue weighted by Crippen LogP contribution is -2.53. The van der Waals surface area contributed by atoms with Crippen molar-refractivity contribution in [2.24, 2.45) is 5.92 Å². The second-order valence-electron chi connectivity index (χ2n) is 5.77. The van der Waals surface area contributed by atoms with Crippen LogP contribution in [-0.2, 0) is 4.74 Å². The predicted octanol–water partition coefficient (Wildman–Crippen LogP) is 3.90. The molecule has 1 aliphatic rings. The third kappa shape index (κ3) is 2.85. The summed E-state index contributed by atoms with van der Waals surface area (Å²) in [6, 6.07) is 13.6. The van der Waals surface area contributed by atoms with E-state index in [0.29, 0.717) is 17.7 Å². The number of hydrogen-bond donors (Lipinski definition) is 0. The van der Waals surface area contributed by atoms with Crippen molar-refractivity contribution in [2.75, 3.05) is 0 Å². The molecule has 0 N–H and O–H groups in total. The molecule has 19 heavy (non-hydrogen) atoms. The van der Waals surface area contributed by atoms with Gasteiger partial charge in [-0.25, -0.2) is 0 Å². The van der Waals surface area contributed by atoms with Gasteiger partial charge in [-0.1, -0.05) is 74.5 Å². The third-order valence-corrected chi connectivity index (χ3v) is 10.3. The minimum atomic E-state index is -1.48. The summed E-state index contributed by atoms with van der Waals surface area (Å²) in [5.74, 6) is 0.561. The first-order valence-corrected chi connectivity index (χ1v) is 10.0. The Bertz CT molecular complexity index is 411. The van der Waals surface area contributed by atoms with E-state index in [2.05, 4.69) is 57.7 Å². The number of benzene rings is 1. The van der Waals surface area contributed by atoms with Crippen molar-refractivity contribution >= 4 is 13.3 Å². The van der Waals surface area contributed by atoms with Gasteiger partial charge in [-0.15, -0.1) is 6.58 Å². The Kier molecular flexibility index (Phi) is 4.64. The van der Waals surface area contributed by atoms with Crippen LogP contribution in [0.1, 0.15) is 27.2 Å². The average Bonchev–Trinajstić information content (AvgIpc) is 3.21. The van der Waals surface area contributed by atoms with Gasteiger partial charge in [0.1, 0.15) is 8.07 Å². The first-order valence-electron chi connectivity index (χ1n) is 7.51. The van der Waals surface area contributed by atoms with Crippen LogP contribution in [0.15, 0.2) is 43.0 Å². The molecule has 2 heteroatoms. The number of epoxide rings is 1. The molecule has 0 spiro atoms. The average molecular weight is 274 g/mol. The van der Waals surface area contributed by atoms with E-state index in [0.717, 1.165) is 6.42 Å². The highest BCUT2D eigenvalue weighted by molar-refractivity contribution is 6.93. The quantitative estimate of drug-likeness (QED) is 0.417. The summed E-state index contributed by atoms with van der Waals surface area (Å²) in [4.78, 5) is 0. The van der Waals surface area contributed by atoms with Crippen molar-refractivity contribution in [3.05, 3.63) is 43.0 Å². The Morgan fingerprint density at radius 1 is 1.26 bits per heavy atom. The minimum Gasteiger partial charge on any atom is -0.373 e. The molecule has 1 fully saturated rings. The van der Waals surface area contributed by atoms with E-state index in [1.807, 2.05) is 6.08 Å². The summed E-state index contributed by atoms with van der Waals surface area (Å²) in [6.07, 6.45) is 3.65. The molecule has 1 heterocycles. The van der Waals surface area contributed by atoms with Crippen LogP contribution in [0.2, 0.25) is 12.1 Å². The summed E-state index contributed by atoms with van der Waals surface area (Å²) in [6.45, 7) is 10.8. The molecule has 0 bridgehead atoms. The maximum absolute atomic E-state index is 6.11. The highest BCUT2D eigenvalue weighted by atomic mass is 28.3. The van der Waals surface area contributed by atoms with Crippen LogP contribution in [0.5, 0.6) is 0 Å². The first kappa shape index (κ1) is 14.5. The van der Waals surface area contributed by atoms with Gasteiger partial charge in [-0.2, -0.15) is 0 Å². The van der Waals surface area contributed by atoms with Crippen LogP contribution in [-0.4, -0.2) is 19.9 Å². The van der Waals surface area contributed by atoms with Gasteiger partial charge in [0.2, 0.25) is 0 Å². The highest BCUT2D eigenvalue weighted by Gasteiger charge is 2.54. The largest absolute Gasteiger partial charge is 0.373 e. The Morgan fingerprint density at radius 3 is 2.42 bits per heavy atom. The molecule has 1 aromatic carbocycles. The molecule has 3 atom stereocenters. The molecule has 0 saturated carbocycles. The number of hydrogen-bond acceptors (Lipinski definition) is 1. The molecule has 2 rings (SSSR count). The van der Waals surface area contributed by atoms with Crippen molar-refractivity contribution in [3.63, 3.8) is 0 Å². The fourth-order valence-electron chi connectivity index (χ4n) is 3.27. The predicted molar refractivity (Wildman–Crippen MR) is 85.4 cm³/mol. The molecule has 104 valence electrons. The van der Waals surface area contributed by atoms with Crippen molar-refractivity contribution in [2.45, 2.75) is 51.1 Å². The lowest BCUT2D eigenvalue weighted by molar-refractivity contribution is 0.369. The summed E-state index contributed by atoms with van der Waals surface area (Å²) in [5, 5.41) is 1.57. The topological polar surface area (TPSA) is 12.5 Å². The van der Waals surface area contributed by atoms with Crippen LogP contribution < -0.4 is 5.19 Å². The normalized spacial score (nSPS) is 23.9. The van der Waals surface area contributed by atoms with Gasteiger partial charge in [0.25, 0.3) is 0 Å². The van der Waals surface area contributed by atoms with Crippen molar-refractivity contribution in [1.29, 1.82) is 0 Å². The molecule has 0 aromatic heterocycles. The van der Waals surface area contributed by atoms with Crippen molar-refractivity contribution in [3.8, 4) is 0 Å². The van der Waals surface area contributed by atoms with Crippen LogP contribution in [0.25, 0.3) is 0 Å². The van der Waals surface area contributed by atoms with Gasteiger partial charge >= 0.3 is 0 Å². The summed E-state index contributed by atoms with van der Waals surface area (Å²) >= 11 is 0. The Balaban J connectivity index is 2.16. The van der Waals surface area contributed by atoms with E-state index < -0.39 is 8.07 Å². The van der Waals surface area contributed by atoms with Crippen LogP contribution in [0, 0.1) is 5.92 Å². The monoisotopic (exact) mass is 274 g/mol. The van der Waals surface area contributed by atoms with E-state index in [1.165, 1.54) is 12.1 Å². The van der Waals surface area contributed by atoms with Crippen molar-refractivity contribution in [1.82, 2.24) is 0 Å². The zero-order chi connectivity index (χ0) is 13.9.